The van der Waals surface area contributed by atoms with Crippen LogP contribution in [0.5, 0.6) is 0 Å². The molecule has 0 fully saturated rings. The fraction of sp³-hybridized carbons (Fsp3) is 0.364. The molecule has 0 spiro atoms. The minimum absolute atomic E-state index is 0.165. The van der Waals surface area contributed by atoms with Crippen molar-refractivity contribution in [2.75, 3.05) is 0 Å². The van der Waals surface area contributed by atoms with Crippen molar-refractivity contribution in [3.8, 4) is 0 Å². The third-order valence-electron chi connectivity index (χ3n) is 2.10. The van der Waals surface area contributed by atoms with Gasteiger partial charge in [0.05, 0.1) is 0 Å². The summed E-state index contributed by atoms with van der Waals surface area (Å²) in [6.07, 6.45) is 2.21. The summed E-state index contributed by atoms with van der Waals surface area (Å²) in [7, 11) is 0. The number of benzene rings is 1. The molecule has 0 aliphatic rings. The Morgan fingerprint density at radius 1 is 1.40 bits per heavy atom. The Bertz CT molecular complexity index is 352. The van der Waals surface area contributed by atoms with Crippen molar-refractivity contribution < 1.29 is 14.3 Å². The lowest BCUT2D eigenvalue weighted by atomic mass is 10.1. The Kier molecular flexibility index (Phi) is 4.56. The monoisotopic (exact) mass is 230 g/mol. The van der Waals surface area contributed by atoms with Gasteiger partial charge in [-0.1, -0.05) is 17.7 Å². The molecule has 1 N–H and O–H groups in total. The van der Waals surface area contributed by atoms with Gasteiger partial charge >= 0.3 is 5.97 Å². The van der Waals surface area contributed by atoms with E-state index in [-0.39, 0.29) is 12.2 Å². The first kappa shape index (κ1) is 12.0. The predicted octanol–water partition coefficient (Wildman–Crippen LogP) is 3.28. The fourth-order valence-electron chi connectivity index (χ4n) is 1.32. The summed E-state index contributed by atoms with van der Waals surface area (Å²) < 4.78 is 12.7. The van der Waals surface area contributed by atoms with Gasteiger partial charge in [0.15, 0.2) is 0 Å². The Balaban J connectivity index is 2.40. The van der Waals surface area contributed by atoms with Gasteiger partial charge in [0.1, 0.15) is 5.82 Å². The van der Waals surface area contributed by atoms with E-state index < -0.39 is 5.97 Å². The topological polar surface area (TPSA) is 37.3 Å². The van der Waals surface area contributed by atoms with Gasteiger partial charge in [-0.15, -0.1) is 0 Å². The molecule has 0 bridgehead atoms. The SMILES string of the molecule is O=C(O)CCCCc1ccc(F)cc1Cl. The Morgan fingerprint density at radius 3 is 2.73 bits per heavy atom. The summed E-state index contributed by atoms with van der Waals surface area (Å²) in [4.78, 5) is 10.2. The number of carbonyl (C=O) groups is 1. The second kappa shape index (κ2) is 5.71. The second-order valence-corrected chi connectivity index (χ2v) is 3.74. The molecule has 0 unspecified atom stereocenters. The second-order valence-electron chi connectivity index (χ2n) is 3.34. The third kappa shape index (κ3) is 4.30. The molecule has 15 heavy (non-hydrogen) atoms. The first-order valence-corrected chi connectivity index (χ1v) is 5.13. The van der Waals surface area contributed by atoms with E-state index in [1.165, 1.54) is 12.1 Å². The van der Waals surface area contributed by atoms with Crippen molar-refractivity contribution in [1.82, 2.24) is 0 Å². The summed E-state index contributed by atoms with van der Waals surface area (Å²) >= 11 is 5.81. The molecule has 1 aromatic carbocycles. The highest BCUT2D eigenvalue weighted by Crippen LogP contribution is 2.19. The van der Waals surface area contributed by atoms with Crippen LogP contribution in [0.4, 0.5) is 4.39 Å². The van der Waals surface area contributed by atoms with E-state index in [0.717, 1.165) is 12.0 Å². The Hall–Kier alpha value is -1.09. The molecule has 0 radical (unpaired) electrons. The van der Waals surface area contributed by atoms with Crippen molar-refractivity contribution in [3.05, 3.63) is 34.6 Å². The summed E-state index contributed by atoms with van der Waals surface area (Å²) in [5.74, 6) is -1.14. The minimum Gasteiger partial charge on any atom is -0.481 e. The lowest BCUT2D eigenvalue weighted by Crippen LogP contribution is -1.95. The van der Waals surface area contributed by atoms with Crippen molar-refractivity contribution in [3.63, 3.8) is 0 Å². The van der Waals surface area contributed by atoms with Crippen LogP contribution in [0.3, 0.4) is 0 Å². The van der Waals surface area contributed by atoms with Gasteiger partial charge in [0.25, 0.3) is 0 Å². The van der Waals surface area contributed by atoms with Crippen LogP contribution in [-0.4, -0.2) is 11.1 Å². The van der Waals surface area contributed by atoms with E-state index in [2.05, 4.69) is 0 Å². The average molecular weight is 231 g/mol. The zero-order valence-electron chi connectivity index (χ0n) is 8.17. The highest BCUT2D eigenvalue weighted by atomic mass is 35.5. The van der Waals surface area contributed by atoms with Crippen LogP contribution in [0, 0.1) is 5.82 Å². The number of aliphatic carboxylic acids is 1. The summed E-state index contributed by atoms with van der Waals surface area (Å²) in [6.45, 7) is 0. The summed E-state index contributed by atoms with van der Waals surface area (Å²) in [5.41, 5.74) is 0.864. The van der Waals surface area contributed by atoms with Gasteiger partial charge in [-0.3, -0.25) is 4.79 Å². The lowest BCUT2D eigenvalue weighted by molar-refractivity contribution is -0.137. The quantitative estimate of drug-likeness (QED) is 0.789. The minimum atomic E-state index is -0.791. The number of carboxylic acids is 1. The number of rotatable bonds is 5. The number of aryl methyl sites for hydroxylation is 1. The molecule has 0 saturated heterocycles. The standard InChI is InChI=1S/C11H12ClFO2/c12-10-7-9(13)6-5-8(10)3-1-2-4-11(14)15/h5-7H,1-4H2,(H,14,15). The molecule has 0 atom stereocenters. The number of hydrogen-bond acceptors (Lipinski definition) is 1. The molecule has 0 heterocycles. The molecule has 1 aromatic rings. The fourth-order valence-corrected chi connectivity index (χ4v) is 1.58. The van der Waals surface area contributed by atoms with Gasteiger partial charge in [0, 0.05) is 11.4 Å². The molecule has 82 valence electrons. The maximum absolute atomic E-state index is 12.7. The molecule has 0 aliphatic carbocycles. The average Bonchev–Trinajstić information content (AvgIpc) is 2.14. The number of halogens is 2. The summed E-state index contributed by atoms with van der Waals surface area (Å²) in [5, 5.41) is 8.83. The van der Waals surface area contributed by atoms with E-state index in [1.807, 2.05) is 0 Å². The van der Waals surface area contributed by atoms with Crippen LogP contribution < -0.4 is 0 Å². The first-order chi connectivity index (χ1) is 7.09. The molecular weight excluding hydrogens is 219 g/mol. The number of carboxylic acid groups (broad SMARTS) is 1. The zero-order valence-corrected chi connectivity index (χ0v) is 8.93. The molecule has 0 aromatic heterocycles. The Labute approximate surface area is 92.7 Å². The maximum Gasteiger partial charge on any atom is 0.303 e. The zero-order chi connectivity index (χ0) is 11.3. The lowest BCUT2D eigenvalue weighted by Gasteiger charge is -2.03. The first-order valence-electron chi connectivity index (χ1n) is 4.75. The third-order valence-corrected chi connectivity index (χ3v) is 2.45. The van der Waals surface area contributed by atoms with Crippen LogP contribution >= 0.6 is 11.6 Å². The van der Waals surface area contributed by atoms with Crippen molar-refractivity contribution in [2.45, 2.75) is 25.7 Å². The van der Waals surface area contributed by atoms with E-state index in [0.29, 0.717) is 17.9 Å². The van der Waals surface area contributed by atoms with Gasteiger partial charge in [-0.2, -0.15) is 0 Å². The summed E-state index contributed by atoms with van der Waals surface area (Å²) in [6, 6.07) is 4.27. The van der Waals surface area contributed by atoms with Gasteiger partial charge < -0.3 is 5.11 Å². The van der Waals surface area contributed by atoms with E-state index >= 15 is 0 Å². The Morgan fingerprint density at radius 2 is 2.13 bits per heavy atom. The van der Waals surface area contributed by atoms with Crippen LogP contribution in [-0.2, 0) is 11.2 Å². The molecule has 0 saturated carbocycles. The molecular formula is C11H12ClFO2. The molecule has 4 heteroatoms. The van der Waals surface area contributed by atoms with Crippen molar-refractivity contribution in [2.24, 2.45) is 0 Å². The van der Waals surface area contributed by atoms with Crippen LogP contribution in [0.2, 0.25) is 5.02 Å². The van der Waals surface area contributed by atoms with E-state index in [1.54, 1.807) is 6.07 Å². The van der Waals surface area contributed by atoms with E-state index in [9.17, 15) is 9.18 Å². The largest absolute Gasteiger partial charge is 0.481 e. The smallest absolute Gasteiger partial charge is 0.303 e. The molecule has 0 aliphatic heterocycles. The highest BCUT2D eigenvalue weighted by molar-refractivity contribution is 6.31. The van der Waals surface area contributed by atoms with Crippen LogP contribution in [0.15, 0.2) is 18.2 Å². The van der Waals surface area contributed by atoms with Crippen LogP contribution in [0.25, 0.3) is 0 Å². The maximum atomic E-state index is 12.7. The van der Waals surface area contributed by atoms with Gasteiger partial charge in [-0.05, 0) is 37.0 Å². The van der Waals surface area contributed by atoms with Gasteiger partial charge in [-0.25, -0.2) is 4.39 Å². The normalized spacial score (nSPS) is 10.3. The number of hydrogen-bond donors (Lipinski definition) is 1. The van der Waals surface area contributed by atoms with Crippen molar-refractivity contribution in [1.29, 1.82) is 0 Å². The molecule has 0 amide bonds. The van der Waals surface area contributed by atoms with Crippen molar-refractivity contribution >= 4 is 17.6 Å². The highest BCUT2D eigenvalue weighted by Gasteiger charge is 2.02. The predicted molar refractivity (Wildman–Crippen MR) is 56.6 cm³/mol. The van der Waals surface area contributed by atoms with E-state index in [4.69, 9.17) is 16.7 Å². The van der Waals surface area contributed by atoms with Gasteiger partial charge in [0.2, 0.25) is 0 Å². The molecule has 2 nitrogen and oxygen atoms in total. The number of unbranched alkanes of at least 4 members (excludes halogenated alkanes) is 1. The molecule has 1 rings (SSSR count). The van der Waals surface area contributed by atoms with Crippen LogP contribution in [0.1, 0.15) is 24.8 Å².